The zero-order chi connectivity index (χ0) is 19.6. The van der Waals surface area contributed by atoms with Crippen molar-refractivity contribution in [3.63, 3.8) is 0 Å². The maximum absolute atomic E-state index is 10.8. The average Bonchev–Trinajstić information content (AvgIpc) is 2.66. The van der Waals surface area contributed by atoms with E-state index in [1.807, 2.05) is 74.5 Å². The number of aryl methyl sites for hydroxylation is 2. The van der Waals surface area contributed by atoms with Gasteiger partial charge in [-0.3, -0.25) is 0 Å². The quantitative estimate of drug-likeness (QED) is 0.316. The van der Waals surface area contributed by atoms with E-state index < -0.39 is 17.0 Å². The van der Waals surface area contributed by atoms with E-state index in [0.717, 1.165) is 32.7 Å². The number of benzene rings is 4. The molecule has 5 heteroatoms. The Morgan fingerprint density at radius 2 is 1.00 bits per heavy atom. The van der Waals surface area contributed by atoms with Gasteiger partial charge in [-0.05, 0) is 58.7 Å². The van der Waals surface area contributed by atoms with Crippen molar-refractivity contribution in [2.24, 2.45) is 0 Å². The van der Waals surface area contributed by atoms with Crippen molar-refractivity contribution in [3.8, 4) is 22.6 Å². The molecular weight excluding hydrogens is 415 g/mol. The Balaban J connectivity index is 0.000000659. The molecular formula is C22H18Cl2O2Ti. The summed E-state index contributed by atoms with van der Waals surface area (Å²) >= 11 is -0.556. The Labute approximate surface area is 175 Å². The number of halogens is 2. The van der Waals surface area contributed by atoms with Gasteiger partial charge >= 0.3 is 35.6 Å². The molecule has 0 radical (unpaired) electrons. The summed E-state index contributed by atoms with van der Waals surface area (Å²) in [6, 6.07) is 19.9. The van der Waals surface area contributed by atoms with Crippen LogP contribution in [0.25, 0.3) is 32.7 Å². The van der Waals surface area contributed by atoms with Gasteiger partial charge in [-0.15, -0.1) is 0 Å². The summed E-state index contributed by atoms with van der Waals surface area (Å²) in [6.07, 6.45) is 0. The van der Waals surface area contributed by atoms with Gasteiger partial charge in [-0.2, -0.15) is 0 Å². The van der Waals surface area contributed by atoms with Crippen LogP contribution in [0.4, 0.5) is 0 Å². The van der Waals surface area contributed by atoms with E-state index in [4.69, 9.17) is 18.6 Å². The van der Waals surface area contributed by atoms with Crippen LogP contribution in [0.1, 0.15) is 11.1 Å². The summed E-state index contributed by atoms with van der Waals surface area (Å²) in [7, 11) is 9.78. The van der Waals surface area contributed by atoms with Crippen LogP contribution < -0.4 is 0 Å². The van der Waals surface area contributed by atoms with Crippen LogP contribution in [0.15, 0.2) is 60.7 Å². The fraction of sp³-hybridized carbons (Fsp3) is 0.0909. The second-order valence-corrected chi connectivity index (χ2v) is 8.93. The van der Waals surface area contributed by atoms with Gasteiger partial charge in [-0.1, -0.05) is 48.5 Å². The van der Waals surface area contributed by atoms with Gasteiger partial charge in [0.1, 0.15) is 11.5 Å². The predicted molar refractivity (Wildman–Crippen MR) is 111 cm³/mol. The molecule has 4 aromatic carbocycles. The van der Waals surface area contributed by atoms with Crippen molar-refractivity contribution in [1.29, 1.82) is 0 Å². The van der Waals surface area contributed by atoms with Gasteiger partial charge in [-0.25, -0.2) is 0 Å². The molecule has 4 aromatic rings. The van der Waals surface area contributed by atoms with Gasteiger partial charge in [0.05, 0.1) is 0 Å². The standard InChI is InChI=1S/C22H18O2.2ClH.Ti/c1-13-11-15-7-3-5-9-17(15)19(21(13)23)20-18-10-6-4-8-16(18)12-14(2)22(20)24;;;/h3-12,23-24H,1-2H3;2*1H;/q;;;+2/p-2. The number of rotatable bonds is 1. The molecule has 0 amide bonds. The number of aromatic hydroxyl groups is 2. The van der Waals surface area contributed by atoms with Crippen LogP contribution in [-0.4, -0.2) is 10.2 Å². The first-order chi connectivity index (χ1) is 13.0. The van der Waals surface area contributed by atoms with Gasteiger partial charge < -0.3 is 10.2 Å². The Morgan fingerprint density at radius 3 is 1.37 bits per heavy atom. The third kappa shape index (κ3) is 3.81. The molecule has 4 rings (SSSR count). The maximum atomic E-state index is 10.8. The van der Waals surface area contributed by atoms with Crippen LogP contribution in [0, 0.1) is 13.8 Å². The Hall–Kier alpha value is -1.71. The number of fused-ring (bicyclic) bond motifs is 2. The first-order valence-corrected chi connectivity index (χ1v) is 12.7. The molecule has 0 aliphatic rings. The van der Waals surface area contributed by atoms with Gasteiger partial charge in [0.15, 0.2) is 0 Å². The van der Waals surface area contributed by atoms with E-state index in [-0.39, 0.29) is 11.5 Å². The summed E-state index contributed by atoms with van der Waals surface area (Å²) in [5.41, 5.74) is 2.99. The average molecular weight is 433 g/mol. The third-order valence-electron chi connectivity index (χ3n) is 4.67. The Morgan fingerprint density at radius 1 is 0.667 bits per heavy atom. The topological polar surface area (TPSA) is 40.5 Å². The SMILES string of the molecule is Cc1cc2ccccc2c(-c2c(O)c(C)cc3ccccc23)c1O.[Cl][Ti][Cl]. The molecule has 0 aliphatic carbocycles. The van der Waals surface area contributed by atoms with Crippen molar-refractivity contribution in [3.05, 3.63) is 71.8 Å². The fourth-order valence-corrected chi connectivity index (χ4v) is 3.46. The molecule has 136 valence electrons. The van der Waals surface area contributed by atoms with Crippen molar-refractivity contribution < 1.29 is 27.2 Å². The molecule has 0 unspecified atom stereocenters. The summed E-state index contributed by atoms with van der Waals surface area (Å²) in [5.74, 6) is 0.444. The van der Waals surface area contributed by atoms with E-state index in [0.29, 0.717) is 11.1 Å². The van der Waals surface area contributed by atoms with Crippen LogP contribution >= 0.6 is 18.6 Å². The number of hydrogen-bond acceptors (Lipinski definition) is 2. The molecule has 0 fully saturated rings. The normalized spacial score (nSPS) is 10.5. The summed E-state index contributed by atoms with van der Waals surface area (Å²) in [5, 5.41) is 25.6. The van der Waals surface area contributed by atoms with Crippen LogP contribution in [-0.2, 0) is 17.0 Å². The molecule has 0 aliphatic heterocycles. The minimum absolute atomic E-state index is 0.222. The molecule has 0 saturated heterocycles. The summed E-state index contributed by atoms with van der Waals surface area (Å²) in [6.45, 7) is 3.78. The van der Waals surface area contributed by atoms with E-state index in [1.54, 1.807) is 0 Å². The number of hydrogen-bond donors (Lipinski definition) is 2. The Kier molecular flexibility index (Phi) is 6.34. The number of phenolic OH excluding ortho intramolecular Hbond substituents is 2. The first-order valence-electron chi connectivity index (χ1n) is 8.38. The third-order valence-corrected chi connectivity index (χ3v) is 4.67. The number of phenols is 2. The van der Waals surface area contributed by atoms with Gasteiger partial charge in [0, 0.05) is 11.1 Å². The molecule has 0 atom stereocenters. The van der Waals surface area contributed by atoms with Gasteiger partial charge in [0.25, 0.3) is 0 Å². The molecule has 0 spiro atoms. The molecule has 0 aromatic heterocycles. The summed E-state index contributed by atoms with van der Waals surface area (Å²) < 4.78 is 0. The first kappa shape index (κ1) is 20.0. The molecule has 0 heterocycles. The zero-order valence-electron chi connectivity index (χ0n) is 14.9. The molecule has 2 N–H and O–H groups in total. The van der Waals surface area contributed by atoms with Crippen LogP contribution in [0.2, 0.25) is 0 Å². The van der Waals surface area contributed by atoms with E-state index in [9.17, 15) is 10.2 Å². The van der Waals surface area contributed by atoms with Crippen LogP contribution in [0.3, 0.4) is 0 Å². The summed E-state index contributed by atoms with van der Waals surface area (Å²) in [4.78, 5) is 0. The van der Waals surface area contributed by atoms with Crippen molar-refractivity contribution in [1.82, 2.24) is 0 Å². The second kappa shape index (κ2) is 8.54. The monoisotopic (exact) mass is 432 g/mol. The molecule has 2 nitrogen and oxygen atoms in total. The van der Waals surface area contributed by atoms with Crippen molar-refractivity contribution in [2.75, 3.05) is 0 Å². The zero-order valence-corrected chi connectivity index (χ0v) is 18.0. The van der Waals surface area contributed by atoms with Crippen LogP contribution in [0.5, 0.6) is 11.5 Å². The van der Waals surface area contributed by atoms with E-state index in [1.165, 1.54) is 0 Å². The molecule has 0 saturated carbocycles. The van der Waals surface area contributed by atoms with Gasteiger partial charge in [0.2, 0.25) is 0 Å². The van der Waals surface area contributed by atoms with Crippen molar-refractivity contribution in [2.45, 2.75) is 13.8 Å². The van der Waals surface area contributed by atoms with E-state index in [2.05, 4.69) is 0 Å². The van der Waals surface area contributed by atoms with Crippen molar-refractivity contribution >= 4 is 40.2 Å². The molecule has 0 bridgehead atoms. The second-order valence-electron chi connectivity index (χ2n) is 6.35. The molecule has 27 heavy (non-hydrogen) atoms. The predicted octanol–water partition coefficient (Wildman–Crippen LogP) is 7.06. The Bertz CT molecular complexity index is 1040. The fourth-order valence-electron chi connectivity index (χ4n) is 3.46. The van der Waals surface area contributed by atoms with E-state index >= 15 is 0 Å². The minimum atomic E-state index is -0.556.